The maximum absolute atomic E-state index is 11.8. The first-order valence-electron chi connectivity index (χ1n) is 5.45. The Labute approximate surface area is 94.0 Å². The molecule has 2 rings (SSSR count). The van der Waals surface area contributed by atoms with E-state index >= 15 is 0 Å². The molecule has 0 radical (unpaired) electrons. The second kappa shape index (κ2) is 3.51. The van der Waals surface area contributed by atoms with Gasteiger partial charge in [-0.3, -0.25) is 4.79 Å². The summed E-state index contributed by atoms with van der Waals surface area (Å²) in [5, 5.41) is 3.16. The normalized spacial score (nSPS) is 39.5. The first kappa shape index (κ1) is 10.5. The highest BCUT2D eigenvalue weighted by atomic mass is 79.9. The molecule has 0 aliphatic heterocycles. The standard InChI is InChI=1S/C11H18BrNO/c1-11(2)6-7(11)10(14)13-9-5-3-4-8(9)12/h7-9H,3-6H2,1-2H3,(H,13,14). The van der Waals surface area contributed by atoms with E-state index in [1.165, 1.54) is 12.8 Å². The Bertz CT molecular complexity index is 252. The third kappa shape index (κ3) is 1.97. The molecule has 2 aliphatic rings. The van der Waals surface area contributed by atoms with Crippen molar-refractivity contribution in [2.24, 2.45) is 11.3 Å². The molecule has 2 fully saturated rings. The molecule has 0 aromatic rings. The van der Waals surface area contributed by atoms with Gasteiger partial charge in [0.1, 0.15) is 0 Å². The second-order valence-corrected chi connectivity index (χ2v) is 6.48. The van der Waals surface area contributed by atoms with E-state index in [0.717, 1.165) is 12.8 Å². The molecule has 1 N–H and O–H groups in total. The molecule has 0 aromatic carbocycles. The van der Waals surface area contributed by atoms with Crippen LogP contribution in [0.1, 0.15) is 39.5 Å². The molecule has 0 heterocycles. The van der Waals surface area contributed by atoms with Crippen molar-refractivity contribution in [2.45, 2.75) is 50.4 Å². The van der Waals surface area contributed by atoms with Crippen LogP contribution < -0.4 is 5.32 Å². The Kier molecular flexibility index (Phi) is 2.63. The number of alkyl halides is 1. The van der Waals surface area contributed by atoms with E-state index in [-0.39, 0.29) is 17.2 Å². The van der Waals surface area contributed by atoms with Crippen LogP contribution in [0.3, 0.4) is 0 Å². The predicted molar refractivity (Wildman–Crippen MR) is 60.4 cm³/mol. The minimum absolute atomic E-state index is 0.254. The van der Waals surface area contributed by atoms with Crippen LogP contribution in [0.2, 0.25) is 0 Å². The van der Waals surface area contributed by atoms with Gasteiger partial charge in [-0.05, 0) is 24.7 Å². The Morgan fingerprint density at radius 2 is 2.07 bits per heavy atom. The molecule has 2 saturated carbocycles. The maximum Gasteiger partial charge on any atom is 0.223 e. The molecule has 2 aliphatic carbocycles. The summed E-state index contributed by atoms with van der Waals surface area (Å²) in [6.07, 6.45) is 4.61. The fourth-order valence-electron chi connectivity index (χ4n) is 2.28. The molecule has 1 amide bonds. The molecule has 0 aromatic heterocycles. The van der Waals surface area contributed by atoms with Crippen LogP contribution in [0, 0.1) is 11.3 Å². The first-order chi connectivity index (χ1) is 6.50. The molecular formula is C11H18BrNO. The Balaban J connectivity index is 1.83. The van der Waals surface area contributed by atoms with Crippen molar-refractivity contribution in [3.63, 3.8) is 0 Å². The van der Waals surface area contributed by atoms with E-state index in [1.54, 1.807) is 0 Å². The van der Waals surface area contributed by atoms with Gasteiger partial charge in [-0.15, -0.1) is 0 Å². The number of carbonyl (C=O) groups is 1. The van der Waals surface area contributed by atoms with Gasteiger partial charge >= 0.3 is 0 Å². The van der Waals surface area contributed by atoms with Crippen molar-refractivity contribution < 1.29 is 4.79 Å². The summed E-state index contributed by atoms with van der Waals surface area (Å²) in [5.41, 5.74) is 0.254. The Hall–Kier alpha value is -0.0500. The number of rotatable bonds is 2. The Morgan fingerprint density at radius 3 is 2.50 bits per heavy atom. The van der Waals surface area contributed by atoms with Crippen molar-refractivity contribution in [3.05, 3.63) is 0 Å². The summed E-state index contributed by atoms with van der Waals surface area (Å²) < 4.78 is 0. The van der Waals surface area contributed by atoms with E-state index < -0.39 is 0 Å². The predicted octanol–water partition coefficient (Wildman–Crippen LogP) is 2.46. The molecule has 2 nitrogen and oxygen atoms in total. The van der Waals surface area contributed by atoms with Crippen LogP contribution in [0.4, 0.5) is 0 Å². The van der Waals surface area contributed by atoms with Crippen LogP contribution in [0.25, 0.3) is 0 Å². The molecule has 3 unspecified atom stereocenters. The summed E-state index contributed by atoms with van der Waals surface area (Å²) in [6, 6.07) is 0.374. The molecule has 0 bridgehead atoms. The van der Waals surface area contributed by atoms with E-state index in [9.17, 15) is 4.79 Å². The quantitative estimate of drug-likeness (QED) is 0.759. The molecular weight excluding hydrogens is 242 g/mol. The van der Waals surface area contributed by atoms with Crippen LogP contribution in [-0.2, 0) is 4.79 Å². The summed E-state index contributed by atoms with van der Waals surface area (Å²) in [4.78, 5) is 12.3. The summed E-state index contributed by atoms with van der Waals surface area (Å²) >= 11 is 3.62. The van der Waals surface area contributed by atoms with Crippen molar-refractivity contribution in [1.29, 1.82) is 0 Å². The fourth-order valence-corrected chi connectivity index (χ4v) is 3.00. The van der Waals surface area contributed by atoms with Crippen LogP contribution in [-0.4, -0.2) is 16.8 Å². The van der Waals surface area contributed by atoms with Crippen molar-refractivity contribution in [2.75, 3.05) is 0 Å². The van der Waals surface area contributed by atoms with Gasteiger partial charge in [0.25, 0.3) is 0 Å². The zero-order valence-corrected chi connectivity index (χ0v) is 10.4. The van der Waals surface area contributed by atoms with Crippen LogP contribution >= 0.6 is 15.9 Å². The minimum atomic E-state index is 0.254. The highest BCUT2D eigenvalue weighted by molar-refractivity contribution is 9.09. The van der Waals surface area contributed by atoms with E-state index in [0.29, 0.717) is 10.9 Å². The lowest BCUT2D eigenvalue weighted by molar-refractivity contribution is -0.123. The van der Waals surface area contributed by atoms with Gasteiger partial charge in [-0.2, -0.15) is 0 Å². The third-order valence-electron chi connectivity index (χ3n) is 3.59. The lowest BCUT2D eigenvalue weighted by Crippen LogP contribution is -2.39. The first-order valence-corrected chi connectivity index (χ1v) is 6.37. The van der Waals surface area contributed by atoms with E-state index in [2.05, 4.69) is 35.1 Å². The van der Waals surface area contributed by atoms with Gasteiger partial charge in [0.2, 0.25) is 5.91 Å². The largest absolute Gasteiger partial charge is 0.352 e. The average Bonchev–Trinajstić information content (AvgIpc) is 2.54. The van der Waals surface area contributed by atoms with Crippen LogP contribution in [0.15, 0.2) is 0 Å². The second-order valence-electron chi connectivity index (χ2n) is 5.31. The number of halogens is 1. The molecule has 3 heteroatoms. The molecule has 0 saturated heterocycles. The molecule has 14 heavy (non-hydrogen) atoms. The van der Waals surface area contributed by atoms with E-state index in [1.807, 2.05) is 0 Å². The number of amides is 1. The van der Waals surface area contributed by atoms with Gasteiger partial charge in [0.05, 0.1) is 0 Å². The Morgan fingerprint density at radius 1 is 1.43 bits per heavy atom. The topological polar surface area (TPSA) is 29.1 Å². The van der Waals surface area contributed by atoms with E-state index in [4.69, 9.17) is 0 Å². The SMILES string of the molecule is CC1(C)CC1C(=O)NC1CCCC1Br. The lowest BCUT2D eigenvalue weighted by Gasteiger charge is -2.16. The number of nitrogens with one attached hydrogen (secondary N) is 1. The highest BCUT2D eigenvalue weighted by Gasteiger charge is 2.51. The van der Waals surface area contributed by atoms with Gasteiger partial charge in [0, 0.05) is 16.8 Å². The molecule has 0 spiro atoms. The van der Waals surface area contributed by atoms with Crippen molar-refractivity contribution in [1.82, 2.24) is 5.32 Å². The number of hydrogen-bond acceptors (Lipinski definition) is 1. The van der Waals surface area contributed by atoms with Crippen LogP contribution in [0.5, 0.6) is 0 Å². The lowest BCUT2D eigenvalue weighted by atomic mass is 10.1. The maximum atomic E-state index is 11.8. The summed E-state index contributed by atoms with van der Waals surface area (Å²) in [6.45, 7) is 4.33. The smallest absolute Gasteiger partial charge is 0.223 e. The van der Waals surface area contributed by atoms with Gasteiger partial charge < -0.3 is 5.32 Å². The fraction of sp³-hybridized carbons (Fsp3) is 0.909. The minimum Gasteiger partial charge on any atom is -0.352 e. The summed E-state index contributed by atoms with van der Waals surface area (Å²) in [7, 11) is 0. The molecule has 80 valence electrons. The average molecular weight is 260 g/mol. The van der Waals surface area contributed by atoms with Crippen molar-refractivity contribution >= 4 is 21.8 Å². The highest BCUT2D eigenvalue weighted by Crippen LogP contribution is 2.51. The van der Waals surface area contributed by atoms with Crippen molar-refractivity contribution in [3.8, 4) is 0 Å². The monoisotopic (exact) mass is 259 g/mol. The molecule has 3 atom stereocenters. The summed E-state index contributed by atoms with van der Waals surface area (Å²) in [5.74, 6) is 0.536. The third-order valence-corrected chi connectivity index (χ3v) is 4.69. The number of hydrogen-bond donors (Lipinski definition) is 1. The zero-order chi connectivity index (χ0) is 10.3. The van der Waals surface area contributed by atoms with Gasteiger partial charge in [-0.25, -0.2) is 0 Å². The zero-order valence-electron chi connectivity index (χ0n) is 8.85. The van der Waals surface area contributed by atoms with Gasteiger partial charge in [-0.1, -0.05) is 36.2 Å². The number of carbonyl (C=O) groups excluding carboxylic acids is 1. The van der Waals surface area contributed by atoms with Gasteiger partial charge in [0.15, 0.2) is 0 Å².